The first kappa shape index (κ1) is 37.2. The molecule has 5 nitrogen and oxygen atoms in total. The van der Waals surface area contributed by atoms with Crippen molar-refractivity contribution < 1.29 is 18.6 Å². The number of hydrogen-bond acceptors (Lipinski definition) is 5. The molecule has 2 fully saturated rings. The van der Waals surface area contributed by atoms with Gasteiger partial charge in [0, 0.05) is 11.9 Å². The highest BCUT2D eigenvalue weighted by Gasteiger charge is 2.52. The molecule has 224 valence electrons. The van der Waals surface area contributed by atoms with Crippen LogP contribution in [0.25, 0.3) is 0 Å². The Morgan fingerprint density at radius 3 is 1.12 bits per heavy atom. The summed E-state index contributed by atoms with van der Waals surface area (Å²) in [5.74, 6) is 0. The Kier molecular flexibility index (Phi) is 14.0. The molecular formula is C31H51B2BrClNO4. The van der Waals surface area contributed by atoms with Crippen LogP contribution in [0.3, 0.4) is 0 Å². The van der Waals surface area contributed by atoms with E-state index >= 15 is 0 Å². The van der Waals surface area contributed by atoms with E-state index in [9.17, 15) is 0 Å². The lowest BCUT2D eigenvalue weighted by Crippen LogP contribution is -2.41. The van der Waals surface area contributed by atoms with Gasteiger partial charge in [0.15, 0.2) is 0 Å². The summed E-state index contributed by atoms with van der Waals surface area (Å²) in [5, 5.41) is 0.872. The van der Waals surface area contributed by atoms with Gasteiger partial charge in [-0.1, -0.05) is 84.7 Å². The van der Waals surface area contributed by atoms with Crippen molar-refractivity contribution in [1.29, 1.82) is 0 Å². The van der Waals surface area contributed by atoms with Crippen LogP contribution in [0, 0.1) is 0 Å². The molecule has 2 aliphatic rings. The van der Waals surface area contributed by atoms with Gasteiger partial charge < -0.3 is 23.5 Å². The minimum atomic E-state index is -0.278. The number of alkyl halides is 1. The molecule has 0 bridgehead atoms. The topological polar surface area (TPSA) is 40.2 Å². The van der Waals surface area contributed by atoms with Crippen LogP contribution in [0.1, 0.15) is 86.8 Å². The molecular weight excluding hydrogens is 587 g/mol. The average Bonchev–Trinajstić information content (AvgIpc) is 3.19. The molecule has 0 atom stereocenters. The maximum absolute atomic E-state index is 6.04. The lowest BCUT2D eigenvalue weighted by molar-refractivity contribution is 0.00578. The Morgan fingerprint density at radius 1 is 0.600 bits per heavy atom. The van der Waals surface area contributed by atoms with E-state index in [2.05, 4.69) is 153 Å². The third-order valence-corrected chi connectivity index (χ3v) is 8.31. The highest BCUT2D eigenvalue weighted by molar-refractivity contribution is 9.08. The molecule has 2 aliphatic heterocycles. The molecule has 0 saturated carbocycles. The SMILES string of the molecule is CC1(C)OB(c2ccc(CBr)cc2)OC1(C)C.CCC.CN(C)Cc1ccc(B2OC(C)(C)C(C)(C)O2)cc1.Cl. The molecule has 0 radical (unpaired) electrons. The van der Waals surface area contributed by atoms with Gasteiger partial charge in [-0.15, -0.1) is 12.4 Å². The Bertz CT molecular complexity index is 999. The van der Waals surface area contributed by atoms with Gasteiger partial charge in [0.2, 0.25) is 0 Å². The fourth-order valence-corrected chi connectivity index (χ4v) is 4.24. The van der Waals surface area contributed by atoms with E-state index in [0.717, 1.165) is 22.8 Å². The number of benzene rings is 2. The zero-order valence-corrected chi connectivity index (χ0v) is 29.2. The van der Waals surface area contributed by atoms with Crippen LogP contribution >= 0.6 is 28.3 Å². The summed E-state index contributed by atoms with van der Waals surface area (Å²) in [6.07, 6.45) is 1.25. The summed E-state index contributed by atoms with van der Waals surface area (Å²) < 4.78 is 24.1. The molecule has 2 saturated heterocycles. The van der Waals surface area contributed by atoms with Crippen molar-refractivity contribution in [2.75, 3.05) is 14.1 Å². The summed E-state index contributed by atoms with van der Waals surface area (Å²) in [7, 11) is 3.62. The van der Waals surface area contributed by atoms with E-state index in [1.54, 1.807) is 0 Å². The van der Waals surface area contributed by atoms with E-state index in [-0.39, 0.29) is 49.0 Å². The van der Waals surface area contributed by atoms with Gasteiger partial charge in [-0.05, 0) is 91.5 Å². The van der Waals surface area contributed by atoms with Crippen molar-refractivity contribution >= 4 is 53.5 Å². The van der Waals surface area contributed by atoms with E-state index in [1.807, 2.05) is 0 Å². The third kappa shape index (κ3) is 9.58. The summed E-state index contributed by atoms with van der Waals surface area (Å²) >= 11 is 3.44. The lowest BCUT2D eigenvalue weighted by Gasteiger charge is -2.32. The minimum Gasteiger partial charge on any atom is -0.399 e. The number of rotatable bonds is 5. The van der Waals surface area contributed by atoms with Crippen molar-refractivity contribution in [3.8, 4) is 0 Å². The van der Waals surface area contributed by atoms with Gasteiger partial charge in [0.25, 0.3) is 0 Å². The fourth-order valence-electron chi connectivity index (χ4n) is 3.87. The zero-order valence-electron chi connectivity index (χ0n) is 26.8. The maximum Gasteiger partial charge on any atom is 0.494 e. The van der Waals surface area contributed by atoms with Crippen LogP contribution in [0.2, 0.25) is 0 Å². The largest absolute Gasteiger partial charge is 0.494 e. The van der Waals surface area contributed by atoms with Gasteiger partial charge in [0.1, 0.15) is 0 Å². The second-order valence-corrected chi connectivity index (χ2v) is 13.3. The Hall–Kier alpha value is -0.860. The van der Waals surface area contributed by atoms with E-state index in [0.29, 0.717) is 0 Å². The second kappa shape index (κ2) is 15.0. The minimum absolute atomic E-state index is 0. The molecule has 2 aromatic rings. The first-order chi connectivity index (χ1) is 18.0. The number of nitrogens with zero attached hydrogens (tertiary/aromatic N) is 1. The van der Waals surface area contributed by atoms with Crippen LogP contribution in [-0.2, 0) is 30.5 Å². The predicted molar refractivity (Wildman–Crippen MR) is 178 cm³/mol. The first-order valence-electron chi connectivity index (χ1n) is 14.1. The van der Waals surface area contributed by atoms with Crippen molar-refractivity contribution in [3.05, 3.63) is 59.7 Å². The van der Waals surface area contributed by atoms with Crippen LogP contribution in [0.5, 0.6) is 0 Å². The first-order valence-corrected chi connectivity index (χ1v) is 15.2. The smallest absolute Gasteiger partial charge is 0.399 e. The molecule has 4 rings (SSSR count). The Balaban J connectivity index is 0.000000358. The van der Waals surface area contributed by atoms with E-state index in [1.165, 1.54) is 17.5 Å². The highest BCUT2D eigenvalue weighted by Crippen LogP contribution is 2.37. The van der Waals surface area contributed by atoms with Crippen molar-refractivity contribution in [3.63, 3.8) is 0 Å². The summed E-state index contributed by atoms with van der Waals surface area (Å²) in [5.41, 5.74) is 3.61. The third-order valence-electron chi connectivity index (χ3n) is 7.66. The predicted octanol–water partition coefficient (Wildman–Crippen LogP) is 6.77. The van der Waals surface area contributed by atoms with Gasteiger partial charge in [-0.2, -0.15) is 0 Å². The quantitative estimate of drug-likeness (QED) is 0.267. The van der Waals surface area contributed by atoms with E-state index in [4.69, 9.17) is 18.6 Å². The van der Waals surface area contributed by atoms with Crippen molar-refractivity contribution in [2.45, 2.75) is 110 Å². The van der Waals surface area contributed by atoms with Crippen LogP contribution in [-0.4, -0.2) is 55.6 Å². The highest BCUT2D eigenvalue weighted by atomic mass is 79.9. The summed E-state index contributed by atoms with van der Waals surface area (Å²) in [4.78, 5) is 2.16. The molecule has 2 heterocycles. The molecule has 2 aromatic carbocycles. The average molecular weight is 639 g/mol. The van der Waals surface area contributed by atoms with Crippen LogP contribution in [0.15, 0.2) is 48.5 Å². The Morgan fingerprint density at radius 2 is 0.875 bits per heavy atom. The lowest BCUT2D eigenvalue weighted by atomic mass is 9.79. The Labute approximate surface area is 259 Å². The van der Waals surface area contributed by atoms with Crippen molar-refractivity contribution in [1.82, 2.24) is 4.90 Å². The maximum atomic E-state index is 6.04. The number of halogens is 2. The molecule has 0 amide bonds. The molecule has 0 aliphatic carbocycles. The standard InChI is InChI=1S/C15H24BNO2.C13H18BBrO2.C3H8.ClH/c1-14(2)15(3,4)19-16(18-14)13-9-7-12(8-10-13)11-17(5)6;1-12(2)13(3,4)17-14(16-12)11-7-5-10(9-15)6-8-11;1-3-2;/h7-10H,11H2,1-6H3;5-8H,9H2,1-4H3;3H2,1-2H3;1H. The van der Waals surface area contributed by atoms with Crippen LogP contribution in [0.4, 0.5) is 0 Å². The normalized spacial score (nSPS) is 19.8. The van der Waals surface area contributed by atoms with Gasteiger partial charge in [-0.25, -0.2) is 0 Å². The monoisotopic (exact) mass is 637 g/mol. The summed E-state index contributed by atoms with van der Waals surface area (Å²) in [6.45, 7) is 21.8. The molecule has 0 aromatic heterocycles. The van der Waals surface area contributed by atoms with Crippen LogP contribution < -0.4 is 10.9 Å². The van der Waals surface area contributed by atoms with E-state index < -0.39 is 0 Å². The molecule has 0 N–H and O–H groups in total. The zero-order chi connectivity index (χ0) is 29.6. The van der Waals surface area contributed by atoms with Gasteiger partial charge >= 0.3 is 14.2 Å². The van der Waals surface area contributed by atoms with Gasteiger partial charge in [0.05, 0.1) is 22.4 Å². The fraction of sp³-hybridized carbons (Fsp3) is 0.613. The molecule has 0 unspecified atom stereocenters. The second-order valence-electron chi connectivity index (χ2n) is 12.7. The van der Waals surface area contributed by atoms with Crippen molar-refractivity contribution in [2.24, 2.45) is 0 Å². The number of hydrogen-bond donors (Lipinski definition) is 0. The molecule has 40 heavy (non-hydrogen) atoms. The molecule has 9 heteroatoms. The molecule has 0 spiro atoms. The van der Waals surface area contributed by atoms with Gasteiger partial charge in [-0.3, -0.25) is 0 Å². The summed E-state index contributed by atoms with van der Waals surface area (Å²) in [6, 6.07) is 16.8.